The molecule has 0 radical (unpaired) electrons. The first-order valence-corrected chi connectivity index (χ1v) is 9.90. The number of hydrogen-bond acceptors (Lipinski definition) is 6. The Morgan fingerprint density at radius 2 is 1.91 bits per heavy atom. The van der Waals surface area contributed by atoms with Crippen LogP contribution in [0.15, 0.2) is 30.1 Å². The van der Waals surface area contributed by atoms with Gasteiger partial charge < -0.3 is 4.90 Å². The number of rotatable bonds is 4. The molecule has 0 spiro atoms. The zero-order chi connectivity index (χ0) is 16.4. The minimum atomic E-state index is -3.00. The summed E-state index contributed by atoms with van der Waals surface area (Å²) < 4.78 is 24.4. The highest BCUT2D eigenvalue weighted by Gasteiger charge is 2.47. The molecule has 0 aromatic carbocycles. The molecule has 2 fully saturated rings. The Morgan fingerprint density at radius 3 is 2.61 bits per heavy atom. The van der Waals surface area contributed by atoms with Crippen LogP contribution in [0.5, 0.6) is 0 Å². The molecule has 1 aromatic heterocycles. The molecule has 0 unspecified atom stereocenters. The summed E-state index contributed by atoms with van der Waals surface area (Å²) in [5, 5.41) is 0. The van der Waals surface area contributed by atoms with E-state index in [-0.39, 0.29) is 23.6 Å². The number of sulfone groups is 1. The first-order chi connectivity index (χ1) is 11.0. The fourth-order valence-corrected chi connectivity index (χ4v) is 5.52. The third-order valence-electron chi connectivity index (χ3n) is 4.57. The van der Waals surface area contributed by atoms with Crippen LogP contribution in [0.3, 0.4) is 0 Å². The summed E-state index contributed by atoms with van der Waals surface area (Å²) in [4.78, 5) is 13.0. The van der Waals surface area contributed by atoms with Gasteiger partial charge in [-0.2, -0.15) is 0 Å². The molecule has 2 atom stereocenters. The van der Waals surface area contributed by atoms with Gasteiger partial charge in [-0.1, -0.05) is 11.6 Å². The smallest absolute Gasteiger partial charge is 0.225 e. The molecule has 0 amide bonds. The quantitative estimate of drug-likeness (QED) is 0.768. The fraction of sp³-hybridized carbons (Fsp3) is 0.625. The maximum Gasteiger partial charge on any atom is 0.225 e. The van der Waals surface area contributed by atoms with Crippen LogP contribution in [0, 0.1) is 0 Å². The van der Waals surface area contributed by atoms with E-state index in [4.69, 9.17) is 0 Å². The number of hydrogen-bond donors (Lipinski definition) is 0. The molecule has 2 aliphatic heterocycles. The van der Waals surface area contributed by atoms with E-state index in [0.717, 1.165) is 26.1 Å². The predicted octanol–water partition coefficient (Wildman–Crippen LogP) is 1.12. The van der Waals surface area contributed by atoms with E-state index < -0.39 is 9.84 Å². The van der Waals surface area contributed by atoms with Crippen molar-refractivity contribution in [3.63, 3.8) is 0 Å². The Kier molecular flexibility index (Phi) is 4.68. The summed E-state index contributed by atoms with van der Waals surface area (Å²) in [6.45, 7) is 6.72. The number of fused-ring (bicyclic) bond motifs is 1. The zero-order valence-corrected chi connectivity index (χ0v) is 14.5. The van der Waals surface area contributed by atoms with E-state index in [2.05, 4.69) is 39.7 Å². The minimum Gasteiger partial charge on any atom is -0.334 e. The van der Waals surface area contributed by atoms with Crippen molar-refractivity contribution in [1.82, 2.24) is 14.9 Å². The summed E-state index contributed by atoms with van der Waals surface area (Å²) in [5.74, 6) is 1.09. The Hall–Kier alpha value is -1.47. The Morgan fingerprint density at radius 1 is 1.22 bits per heavy atom. The van der Waals surface area contributed by atoms with E-state index in [1.165, 1.54) is 5.57 Å². The summed E-state index contributed by atoms with van der Waals surface area (Å²) in [6.07, 6.45) is 6.60. The Labute approximate surface area is 138 Å². The van der Waals surface area contributed by atoms with Crippen molar-refractivity contribution in [2.24, 2.45) is 0 Å². The zero-order valence-electron chi connectivity index (χ0n) is 13.7. The van der Waals surface area contributed by atoms with Gasteiger partial charge in [0.1, 0.15) is 0 Å². The van der Waals surface area contributed by atoms with Crippen LogP contribution < -0.4 is 4.90 Å². The molecule has 0 saturated carbocycles. The molecule has 0 bridgehead atoms. The van der Waals surface area contributed by atoms with Crippen LogP contribution in [0.4, 0.5) is 5.95 Å². The summed E-state index contributed by atoms with van der Waals surface area (Å²) in [6, 6.07) is 1.79. The second-order valence-electron chi connectivity index (χ2n) is 6.56. The van der Waals surface area contributed by atoms with Gasteiger partial charge in [-0.25, -0.2) is 18.4 Å². The third kappa shape index (κ3) is 3.72. The van der Waals surface area contributed by atoms with Crippen LogP contribution >= 0.6 is 0 Å². The molecule has 0 aliphatic carbocycles. The molecule has 2 aliphatic rings. The molecule has 2 saturated heterocycles. The third-order valence-corrected chi connectivity index (χ3v) is 6.27. The van der Waals surface area contributed by atoms with E-state index >= 15 is 0 Å². The van der Waals surface area contributed by atoms with Gasteiger partial charge in [-0.3, -0.25) is 4.90 Å². The average Bonchev–Trinajstić information content (AvgIpc) is 2.83. The number of nitrogens with zero attached hydrogens (tertiary/aromatic N) is 4. The number of piperazine rings is 1. The second kappa shape index (κ2) is 6.57. The monoisotopic (exact) mass is 336 g/mol. The highest BCUT2D eigenvalue weighted by atomic mass is 32.2. The molecule has 1 aromatic rings. The average molecular weight is 336 g/mol. The van der Waals surface area contributed by atoms with Crippen LogP contribution in [-0.2, 0) is 9.84 Å². The largest absolute Gasteiger partial charge is 0.334 e. The van der Waals surface area contributed by atoms with Gasteiger partial charge in [0.15, 0.2) is 9.84 Å². The lowest BCUT2D eigenvalue weighted by Gasteiger charge is -2.43. The van der Waals surface area contributed by atoms with Gasteiger partial charge in [0.2, 0.25) is 5.95 Å². The second-order valence-corrected chi connectivity index (χ2v) is 8.71. The maximum absolute atomic E-state index is 12.2. The number of anilines is 1. The molecule has 0 N–H and O–H groups in total. The van der Waals surface area contributed by atoms with Crippen molar-refractivity contribution in [3.05, 3.63) is 30.1 Å². The molecular weight excluding hydrogens is 312 g/mol. The van der Waals surface area contributed by atoms with Crippen molar-refractivity contribution in [2.45, 2.75) is 32.4 Å². The molecule has 3 rings (SSSR count). The van der Waals surface area contributed by atoms with Crippen molar-refractivity contribution in [1.29, 1.82) is 0 Å². The van der Waals surface area contributed by atoms with Gasteiger partial charge in [-0.05, 0) is 26.3 Å². The lowest BCUT2D eigenvalue weighted by atomic mass is 10.0. The van der Waals surface area contributed by atoms with Crippen LogP contribution in [-0.4, -0.2) is 66.5 Å². The first kappa shape index (κ1) is 16.4. The van der Waals surface area contributed by atoms with Gasteiger partial charge in [0, 0.05) is 38.1 Å². The van der Waals surface area contributed by atoms with Crippen LogP contribution in [0.1, 0.15) is 20.3 Å². The highest BCUT2D eigenvalue weighted by Crippen LogP contribution is 2.29. The van der Waals surface area contributed by atoms with Crippen molar-refractivity contribution < 1.29 is 8.42 Å². The van der Waals surface area contributed by atoms with Crippen molar-refractivity contribution in [3.8, 4) is 0 Å². The minimum absolute atomic E-state index is 0.0390. The van der Waals surface area contributed by atoms with Crippen molar-refractivity contribution in [2.75, 3.05) is 36.0 Å². The van der Waals surface area contributed by atoms with Gasteiger partial charge in [0.05, 0.1) is 17.5 Å². The van der Waals surface area contributed by atoms with E-state index in [9.17, 15) is 8.42 Å². The normalized spacial score (nSPS) is 26.8. The predicted molar refractivity (Wildman–Crippen MR) is 91.2 cm³/mol. The first-order valence-electron chi connectivity index (χ1n) is 8.08. The van der Waals surface area contributed by atoms with Crippen LogP contribution in [0.25, 0.3) is 0 Å². The van der Waals surface area contributed by atoms with Gasteiger partial charge in [0.25, 0.3) is 0 Å². The summed E-state index contributed by atoms with van der Waals surface area (Å²) >= 11 is 0. The van der Waals surface area contributed by atoms with Crippen molar-refractivity contribution >= 4 is 15.8 Å². The standard InChI is InChI=1S/C16H24N4O2S/c1-13(2)5-3-8-19-9-10-20(16-17-6-4-7-18-16)15-12-23(21,22)11-14(15)19/h4-7,14-15H,3,8-12H2,1-2H3/t14-,15+/m0/s1. The molecule has 6 nitrogen and oxygen atoms in total. The fourth-order valence-electron chi connectivity index (χ4n) is 3.51. The number of aromatic nitrogens is 2. The number of allylic oxidation sites excluding steroid dienone is 1. The Bertz CT molecular complexity index is 671. The lowest BCUT2D eigenvalue weighted by Crippen LogP contribution is -2.59. The topological polar surface area (TPSA) is 66.4 Å². The van der Waals surface area contributed by atoms with Gasteiger partial charge >= 0.3 is 0 Å². The molecule has 3 heterocycles. The van der Waals surface area contributed by atoms with E-state index in [1.807, 2.05) is 0 Å². The maximum atomic E-state index is 12.2. The van der Waals surface area contributed by atoms with E-state index in [0.29, 0.717) is 5.95 Å². The molecule has 126 valence electrons. The summed E-state index contributed by atoms with van der Waals surface area (Å²) in [5.41, 5.74) is 1.30. The highest BCUT2D eigenvalue weighted by molar-refractivity contribution is 7.91. The Balaban J connectivity index is 1.79. The SMILES string of the molecule is CC(C)=CCCN1CCN(c2ncccn2)[C@@H]2CS(=O)(=O)C[C@@H]21. The van der Waals surface area contributed by atoms with E-state index in [1.54, 1.807) is 18.5 Å². The van der Waals surface area contributed by atoms with Gasteiger partial charge in [-0.15, -0.1) is 0 Å². The molecule has 23 heavy (non-hydrogen) atoms. The molecular formula is C16H24N4O2S. The lowest BCUT2D eigenvalue weighted by molar-refractivity contribution is 0.170. The molecule has 7 heteroatoms. The van der Waals surface area contributed by atoms with Crippen LogP contribution in [0.2, 0.25) is 0 Å². The summed E-state index contributed by atoms with van der Waals surface area (Å²) in [7, 11) is -3.00.